The first-order valence-electron chi connectivity index (χ1n) is 5.73. The monoisotopic (exact) mass is 214 g/mol. The van der Waals surface area contributed by atoms with Crippen LogP contribution in [0.15, 0.2) is 23.3 Å². The van der Waals surface area contributed by atoms with Crippen LogP contribution in [0.3, 0.4) is 0 Å². The molecule has 1 aliphatic rings. The van der Waals surface area contributed by atoms with Gasteiger partial charge in [-0.25, -0.2) is 8.78 Å². The first kappa shape index (κ1) is 12.4. The van der Waals surface area contributed by atoms with Crippen LogP contribution in [-0.4, -0.2) is 0 Å². The molecule has 0 aromatic heterocycles. The Kier molecular flexibility index (Phi) is 4.49. The van der Waals surface area contributed by atoms with Crippen LogP contribution in [0.2, 0.25) is 0 Å². The van der Waals surface area contributed by atoms with Crippen molar-refractivity contribution in [1.82, 2.24) is 0 Å². The quantitative estimate of drug-likeness (QED) is 0.536. The molecule has 0 aromatic carbocycles. The van der Waals surface area contributed by atoms with Crippen molar-refractivity contribution in [2.45, 2.75) is 46.5 Å². The Morgan fingerprint density at radius 3 is 2.60 bits per heavy atom. The molecule has 1 rings (SSSR count). The summed E-state index contributed by atoms with van der Waals surface area (Å²) >= 11 is 0. The van der Waals surface area contributed by atoms with Gasteiger partial charge in [-0.15, -0.1) is 0 Å². The summed E-state index contributed by atoms with van der Waals surface area (Å²) in [5.41, 5.74) is 0.191. The third-order valence-corrected chi connectivity index (χ3v) is 3.06. The third kappa shape index (κ3) is 3.77. The fourth-order valence-electron chi connectivity index (χ4n) is 2.12. The van der Waals surface area contributed by atoms with E-state index in [2.05, 4.69) is 6.92 Å². The summed E-state index contributed by atoms with van der Waals surface area (Å²) in [6.45, 7) is 5.67. The number of hydrogen-bond acceptors (Lipinski definition) is 0. The summed E-state index contributed by atoms with van der Waals surface area (Å²) < 4.78 is 27.0. The minimum absolute atomic E-state index is 0.191. The van der Waals surface area contributed by atoms with Crippen molar-refractivity contribution < 1.29 is 8.78 Å². The van der Waals surface area contributed by atoms with Gasteiger partial charge in [0.05, 0.1) is 0 Å². The minimum atomic E-state index is -0.380. The fraction of sp³-hybridized carbons (Fsp3) is 0.692. The molecule has 0 fully saturated rings. The summed E-state index contributed by atoms with van der Waals surface area (Å²) in [7, 11) is 0. The Bertz CT molecular complexity index is 276. The van der Waals surface area contributed by atoms with Gasteiger partial charge in [-0.2, -0.15) is 0 Å². The lowest BCUT2D eigenvalue weighted by atomic mass is 9.90. The van der Waals surface area contributed by atoms with Gasteiger partial charge in [0, 0.05) is 5.57 Å². The maximum Gasteiger partial charge on any atom is 0.124 e. The summed E-state index contributed by atoms with van der Waals surface area (Å²) in [6.07, 6.45) is 4.77. The summed E-state index contributed by atoms with van der Waals surface area (Å²) in [5, 5.41) is 0. The zero-order valence-corrected chi connectivity index (χ0v) is 9.82. The molecular weight excluding hydrogens is 194 g/mol. The second-order valence-corrected chi connectivity index (χ2v) is 4.75. The van der Waals surface area contributed by atoms with Gasteiger partial charge in [0.2, 0.25) is 0 Å². The smallest absolute Gasteiger partial charge is 0.124 e. The van der Waals surface area contributed by atoms with E-state index in [9.17, 15) is 8.78 Å². The molecule has 2 unspecified atom stereocenters. The number of allylic oxidation sites excluding steroid dienone is 4. The highest BCUT2D eigenvalue weighted by molar-refractivity contribution is 5.26. The maximum absolute atomic E-state index is 13.5. The van der Waals surface area contributed by atoms with E-state index in [0.717, 1.165) is 19.3 Å². The van der Waals surface area contributed by atoms with Crippen molar-refractivity contribution in [1.29, 1.82) is 0 Å². The van der Waals surface area contributed by atoms with Gasteiger partial charge >= 0.3 is 0 Å². The number of rotatable bonds is 0. The van der Waals surface area contributed by atoms with Gasteiger partial charge < -0.3 is 0 Å². The Morgan fingerprint density at radius 2 is 1.93 bits per heavy atom. The van der Waals surface area contributed by atoms with Crippen LogP contribution in [0, 0.1) is 11.8 Å². The lowest BCUT2D eigenvalue weighted by Crippen LogP contribution is -2.03. The lowest BCUT2D eigenvalue weighted by Gasteiger charge is -2.16. The topological polar surface area (TPSA) is 0 Å². The van der Waals surface area contributed by atoms with Crippen molar-refractivity contribution in [2.75, 3.05) is 0 Å². The van der Waals surface area contributed by atoms with E-state index >= 15 is 0 Å². The Morgan fingerprint density at radius 1 is 1.27 bits per heavy atom. The molecule has 0 saturated carbocycles. The van der Waals surface area contributed by atoms with Crippen molar-refractivity contribution >= 4 is 0 Å². The first-order chi connectivity index (χ1) is 7.00. The zero-order valence-electron chi connectivity index (χ0n) is 9.82. The molecule has 1 aliphatic carbocycles. The molecule has 0 spiro atoms. The molecule has 15 heavy (non-hydrogen) atoms. The van der Waals surface area contributed by atoms with Gasteiger partial charge in [-0.3, -0.25) is 0 Å². The van der Waals surface area contributed by atoms with E-state index in [1.807, 2.05) is 6.92 Å². The van der Waals surface area contributed by atoms with Crippen LogP contribution in [0.5, 0.6) is 0 Å². The van der Waals surface area contributed by atoms with Crippen molar-refractivity contribution in [3.63, 3.8) is 0 Å². The van der Waals surface area contributed by atoms with Crippen LogP contribution in [-0.2, 0) is 0 Å². The second-order valence-electron chi connectivity index (χ2n) is 4.75. The third-order valence-electron chi connectivity index (χ3n) is 3.06. The minimum Gasteiger partial charge on any atom is -0.211 e. The SMILES string of the molecule is CC1=C(\F)CCCC(C)CC(C)/C=C\1F. The van der Waals surface area contributed by atoms with E-state index in [-0.39, 0.29) is 23.1 Å². The van der Waals surface area contributed by atoms with E-state index in [0.29, 0.717) is 12.3 Å². The van der Waals surface area contributed by atoms with E-state index in [1.54, 1.807) is 6.08 Å². The molecule has 0 aliphatic heterocycles. The average molecular weight is 214 g/mol. The predicted octanol–water partition coefficient (Wildman–Crippen LogP) is 4.93. The molecule has 86 valence electrons. The highest BCUT2D eigenvalue weighted by Gasteiger charge is 2.14. The van der Waals surface area contributed by atoms with Gasteiger partial charge in [-0.1, -0.05) is 20.3 Å². The van der Waals surface area contributed by atoms with E-state index in [4.69, 9.17) is 0 Å². The molecule has 2 atom stereocenters. The molecule has 0 amide bonds. The maximum atomic E-state index is 13.5. The molecule has 0 N–H and O–H groups in total. The Balaban J connectivity index is 2.88. The number of halogens is 2. The second kappa shape index (κ2) is 5.43. The molecule has 2 heteroatoms. The summed E-state index contributed by atoms with van der Waals surface area (Å²) in [5.74, 6) is 0.0789. The van der Waals surface area contributed by atoms with Crippen LogP contribution in [0.4, 0.5) is 8.78 Å². The fourth-order valence-corrected chi connectivity index (χ4v) is 2.12. The molecular formula is C13H20F2. The summed E-state index contributed by atoms with van der Waals surface area (Å²) in [6, 6.07) is 0. The molecule has 0 aromatic rings. The highest BCUT2D eigenvalue weighted by atomic mass is 19.1. The highest BCUT2D eigenvalue weighted by Crippen LogP contribution is 2.28. The zero-order chi connectivity index (χ0) is 11.4. The van der Waals surface area contributed by atoms with Crippen LogP contribution >= 0.6 is 0 Å². The molecule has 0 bridgehead atoms. The predicted molar refractivity (Wildman–Crippen MR) is 59.8 cm³/mol. The Labute approximate surface area is 91.1 Å². The van der Waals surface area contributed by atoms with Gasteiger partial charge in [0.15, 0.2) is 0 Å². The van der Waals surface area contributed by atoms with Crippen molar-refractivity contribution in [3.8, 4) is 0 Å². The molecule has 0 radical (unpaired) electrons. The average Bonchev–Trinajstić information content (AvgIpc) is 2.14. The lowest BCUT2D eigenvalue weighted by molar-refractivity contribution is 0.408. The summed E-state index contributed by atoms with van der Waals surface area (Å²) in [4.78, 5) is 0. The van der Waals surface area contributed by atoms with Crippen molar-refractivity contribution in [3.05, 3.63) is 23.3 Å². The largest absolute Gasteiger partial charge is 0.211 e. The molecule has 0 heterocycles. The first-order valence-corrected chi connectivity index (χ1v) is 5.73. The molecule has 0 nitrogen and oxygen atoms in total. The Hall–Kier alpha value is -0.660. The van der Waals surface area contributed by atoms with Crippen LogP contribution < -0.4 is 0 Å². The van der Waals surface area contributed by atoms with Crippen molar-refractivity contribution in [2.24, 2.45) is 11.8 Å². The van der Waals surface area contributed by atoms with E-state index in [1.165, 1.54) is 6.92 Å². The van der Waals surface area contributed by atoms with Crippen LogP contribution in [0.25, 0.3) is 0 Å². The standard InChI is InChI=1S/C13H20F2/c1-9-5-4-6-12(14)11(3)13(15)8-10(2)7-9/h8-10H,4-7H2,1-3H3/b12-11+,13-8+. The van der Waals surface area contributed by atoms with Crippen LogP contribution in [0.1, 0.15) is 46.5 Å². The van der Waals surface area contributed by atoms with E-state index < -0.39 is 0 Å². The normalized spacial score (nSPS) is 38.3. The van der Waals surface area contributed by atoms with Gasteiger partial charge in [0.25, 0.3) is 0 Å². The van der Waals surface area contributed by atoms with Gasteiger partial charge in [0.1, 0.15) is 11.7 Å². The number of hydrogen-bond donors (Lipinski definition) is 0. The molecule has 0 saturated heterocycles. The van der Waals surface area contributed by atoms with Gasteiger partial charge in [-0.05, 0) is 44.1 Å².